The van der Waals surface area contributed by atoms with E-state index in [0.717, 1.165) is 24.8 Å². The average molecular weight is 340 g/mol. The number of benzene rings is 2. The number of aliphatic hydroxyl groups excluding tert-OH is 1. The molecule has 0 saturated heterocycles. The van der Waals surface area contributed by atoms with Crippen LogP contribution >= 0.6 is 0 Å². The zero-order chi connectivity index (χ0) is 18.1. The molecule has 0 aliphatic heterocycles. The molecule has 2 rings (SSSR count). The highest BCUT2D eigenvalue weighted by Crippen LogP contribution is 2.14. The van der Waals surface area contributed by atoms with Crippen LogP contribution in [-0.4, -0.2) is 29.6 Å². The Bertz CT molecular complexity index is 699. The molecule has 0 heterocycles. The van der Waals surface area contributed by atoms with Crippen LogP contribution in [0.25, 0.3) is 0 Å². The Kier molecular flexibility index (Phi) is 7.16. The lowest BCUT2D eigenvalue weighted by atomic mass is 10.0. The third kappa shape index (κ3) is 6.77. The summed E-state index contributed by atoms with van der Waals surface area (Å²) in [5.74, 6) is -1.49. The zero-order valence-electron chi connectivity index (χ0n) is 14.4. The van der Waals surface area contributed by atoms with Crippen LogP contribution in [0.4, 0.5) is 5.69 Å². The zero-order valence-corrected chi connectivity index (χ0v) is 14.4. The monoisotopic (exact) mass is 340 g/mol. The number of carbonyl (C=O) groups excluding carboxylic acids is 2. The number of hydrogen-bond acceptors (Lipinski definition) is 3. The van der Waals surface area contributed by atoms with Crippen molar-refractivity contribution in [2.45, 2.75) is 32.3 Å². The summed E-state index contributed by atoms with van der Waals surface area (Å²) in [5.41, 5.74) is 3.01. The maximum atomic E-state index is 11.8. The van der Waals surface area contributed by atoms with E-state index in [1.54, 1.807) is 6.07 Å². The van der Waals surface area contributed by atoms with E-state index in [2.05, 4.69) is 22.8 Å². The molecule has 132 valence electrons. The molecule has 0 aliphatic carbocycles. The second-order valence-electron chi connectivity index (χ2n) is 6.05. The van der Waals surface area contributed by atoms with E-state index in [-0.39, 0.29) is 6.54 Å². The van der Waals surface area contributed by atoms with Crippen LogP contribution in [0.3, 0.4) is 0 Å². The standard InChI is InChI=1S/C20H24N2O3/c1-15(23)14-21-19(24)20(25)22-18-12-6-11-17(13-18)10-5-9-16-7-3-2-4-8-16/h2-4,6-8,11-13,15,23H,5,9-10,14H2,1H3,(H,21,24)(H,22,25). The Morgan fingerprint density at radius 2 is 1.64 bits per heavy atom. The van der Waals surface area contributed by atoms with E-state index in [0.29, 0.717) is 5.69 Å². The summed E-state index contributed by atoms with van der Waals surface area (Å²) < 4.78 is 0. The number of nitrogens with one attached hydrogen (secondary N) is 2. The summed E-state index contributed by atoms with van der Waals surface area (Å²) >= 11 is 0. The highest BCUT2D eigenvalue weighted by molar-refractivity contribution is 6.39. The van der Waals surface area contributed by atoms with Gasteiger partial charge in [0, 0.05) is 12.2 Å². The molecule has 1 unspecified atom stereocenters. The number of hydrogen-bond donors (Lipinski definition) is 3. The molecule has 0 saturated carbocycles. The summed E-state index contributed by atoms with van der Waals surface area (Å²) in [6.45, 7) is 1.59. The van der Waals surface area contributed by atoms with Gasteiger partial charge in [0.25, 0.3) is 0 Å². The molecule has 0 aliphatic rings. The van der Waals surface area contributed by atoms with Gasteiger partial charge in [0.05, 0.1) is 6.10 Å². The van der Waals surface area contributed by atoms with Crippen LogP contribution in [0.15, 0.2) is 54.6 Å². The Hall–Kier alpha value is -2.66. The van der Waals surface area contributed by atoms with Crippen molar-refractivity contribution in [3.05, 3.63) is 65.7 Å². The van der Waals surface area contributed by atoms with Gasteiger partial charge >= 0.3 is 11.8 Å². The molecular weight excluding hydrogens is 316 g/mol. The SMILES string of the molecule is CC(O)CNC(=O)C(=O)Nc1cccc(CCCc2ccccc2)c1. The molecule has 1 atom stereocenters. The van der Waals surface area contributed by atoms with Crippen molar-refractivity contribution in [3.8, 4) is 0 Å². The summed E-state index contributed by atoms with van der Waals surface area (Å²) in [5, 5.41) is 14.1. The van der Waals surface area contributed by atoms with E-state index >= 15 is 0 Å². The molecule has 3 N–H and O–H groups in total. The van der Waals surface area contributed by atoms with Crippen LogP contribution in [-0.2, 0) is 22.4 Å². The fraction of sp³-hybridized carbons (Fsp3) is 0.300. The van der Waals surface area contributed by atoms with Gasteiger partial charge < -0.3 is 15.7 Å². The fourth-order valence-corrected chi connectivity index (χ4v) is 2.45. The van der Waals surface area contributed by atoms with Gasteiger partial charge in [-0.3, -0.25) is 9.59 Å². The minimum atomic E-state index is -0.754. The molecule has 5 heteroatoms. The van der Waals surface area contributed by atoms with Crippen molar-refractivity contribution in [2.24, 2.45) is 0 Å². The van der Waals surface area contributed by atoms with Gasteiger partial charge in [0.1, 0.15) is 0 Å². The topological polar surface area (TPSA) is 78.4 Å². The van der Waals surface area contributed by atoms with Gasteiger partial charge in [0.2, 0.25) is 0 Å². The third-order valence-electron chi connectivity index (χ3n) is 3.72. The van der Waals surface area contributed by atoms with Crippen LogP contribution < -0.4 is 10.6 Å². The number of amides is 2. The molecule has 25 heavy (non-hydrogen) atoms. The van der Waals surface area contributed by atoms with Gasteiger partial charge in [-0.1, -0.05) is 42.5 Å². The normalized spacial score (nSPS) is 11.6. The van der Waals surface area contributed by atoms with E-state index in [1.807, 2.05) is 36.4 Å². The van der Waals surface area contributed by atoms with Crippen LogP contribution in [0, 0.1) is 0 Å². The van der Waals surface area contributed by atoms with Gasteiger partial charge in [-0.2, -0.15) is 0 Å². The van der Waals surface area contributed by atoms with E-state index in [9.17, 15) is 9.59 Å². The highest BCUT2D eigenvalue weighted by Gasteiger charge is 2.14. The maximum absolute atomic E-state index is 11.8. The number of anilines is 1. The molecule has 0 fully saturated rings. The van der Waals surface area contributed by atoms with Crippen molar-refractivity contribution >= 4 is 17.5 Å². The summed E-state index contributed by atoms with van der Waals surface area (Å²) in [4.78, 5) is 23.5. The number of aryl methyl sites for hydroxylation is 2. The molecule has 0 spiro atoms. The highest BCUT2D eigenvalue weighted by atomic mass is 16.3. The molecule has 0 aromatic heterocycles. The van der Waals surface area contributed by atoms with Crippen LogP contribution in [0.5, 0.6) is 0 Å². The lowest BCUT2D eigenvalue weighted by Crippen LogP contribution is -2.38. The van der Waals surface area contributed by atoms with Gasteiger partial charge in [0.15, 0.2) is 0 Å². The first-order valence-corrected chi connectivity index (χ1v) is 8.44. The molecule has 2 aromatic carbocycles. The second-order valence-corrected chi connectivity index (χ2v) is 6.05. The Labute approximate surface area is 148 Å². The Morgan fingerprint density at radius 1 is 0.960 bits per heavy atom. The van der Waals surface area contributed by atoms with Crippen molar-refractivity contribution in [1.82, 2.24) is 5.32 Å². The largest absolute Gasteiger partial charge is 0.392 e. The minimum Gasteiger partial charge on any atom is -0.392 e. The molecule has 2 aromatic rings. The predicted octanol–water partition coefficient (Wildman–Crippen LogP) is 2.30. The first-order valence-electron chi connectivity index (χ1n) is 8.44. The van der Waals surface area contributed by atoms with E-state index in [4.69, 9.17) is 5.11 Å². The summed E-state index contributed by atoms with van der Waals surface area (Å²) in [6, 6.07) is 17.8. The molecule has 2 amide bonds. The van der Waals surface area contributed by atoms with Crippen LogP contribution in [0.1, 0.15) is 24.5 Å². The quantitative estimate of drug-likeness (QED) is 0.677. The van der Waals surface area contributed by atoms with Crippen molar-refractivity contribution in [2.75, 3.05) is 11.9 Å². The summed E-state index contributed by atoms with van der Waals surface area (Å²) in [7, 11) is 0. The fourth-order valence-electron chi connectivity index (χ4n) is 2.45. The first kappa shape index (κ1) is 18.7. The number of carbonyl (C=O) groups is 2. The summed E-state index contributed by atoms with van der Waals surface area (Å²) in [6.07, 6.45) is 2.21. The maximum Gasteiger partial charge on any atom is 0.313 e. The van der Waals surface area contributed by atoms with Gasteiger partial charge in [-0.25, -0.2) is 0 Å². The van der Waals surface area contributed by atoms with Crippen LogP contribution in [0.2, 0.25) is 0 Å². The van der Waals surface area contributed by atoms with Crippen molar-refractivity contribution in [1.29, 1.82) is 0 Å². The predicted molar refractivity (Wildman–Crippen MR) is 98.2 cm³/mol. The lowest BCUT2D eigenvalue weighted by Gasteiger charge is -2.09. The molecule has 0 bridgehead atoms. The number of aliphatic hydroxyl groups is 1. The molecular formula is C20H24N2O3. The average Bonchev–Trinajstić information content (AvgIpc) is 2.61. The van der Waals surface area contributed by atoms with Gasteiger partial charge in [-0.05, 0) is 49.4 Å². The third-order valence-corrected chi connectivity index (χ3v) is 3.72. The second kappa shape index (κ2) is 9.59. The first-order chi connectivity index (χ1) is 12.0. The van der Waals surface area contributed by atoms with E-state index < -0.39 is 17.9 Å². The van der Waals surface area contributed by atoms with E-state index in [1.165, 1.54) is 12.5 Å². The Morgan fingerprint density at radius 3 is 2.36 bits per heavy atom. The Balaban J connectivity index is 1.83. The molecule has 5 nitrogen and oxygen atoms in total. The smallest absolute Gasteiger partial charge is 0.313 e. The van der Waals surface area contributed by atoms with Crippen molar-refractivity contribution in [3.63, 3.8) is 0 Å². The lowest BCUT2D eigenvalue weighted by molar-refractivity contribution is -0.136. The molecule has 0 radical (unpaired) electrons. The minimum absolute atomic E-state index is 0.0474. The van der Waals surface area contributed by atoms with Crippen molar-refractivity contribution < 1.29 is 14.7 Å². The van der Waals surface area contributed by atoms with Gasteiger partial charge in [-0.15, -0.1) is 0 Å². The number of rotatable bonds is 7.